The van der Waals surface area contributed by atoms with E-state index in [0.717, 1.165) is 22.4 Å². The van der Waals surface area contributed by atoms with Crippen molar-refractivity contribution in [3.05, 3.63) is 64.6 Å². The first kappa shape index (κ1) is 15.1. The highest BCUT2D eigenvalue weighted by atomic mass is 16.1. The minimum atomic E-state index is -0.0168. The first-order valence-electron chi connectivity index (χ1n) is 8.76. The van der Waals surface area contributed by atoms with Gasteiger partial charge in [0.05, 0.1) is 16.6 Å². The first-order chi connectivity index (χ1) is 12.6. The molecule has 0 N–H and O–H groups in total. The predicted octanol–water partition coefficient (Wildman–Crippen LogP) is 4.01. The second-order valence-electron chi connectivity index (χ2n) is 6.99. The molecule has 26 heavy (non-hydrogen) atoms. The summed E-state index contributed by atoms with van der Waals surface area (Å²) in [4.78, 5) is 23.0. The molecular weight excluding hydrogens is 324 g/mol. The molecule has 3 aromatic heterocycles. The molecule has 0 unspecified atom stereocenters. The Labute approximate surface area is 149 Å². The topological polar surface area (TPSA) is 52.2 Å². The molecule has 0 aliphatic carbocycles. The number of rotatable bonds is 1. The average Bonchev–Trinajstić information content (AvgIpc) is 3.04. The van der Waals surface area contributed by atoms with Crippen molar-refractivity contribution in [2.24, 2.45) is 7.05 Å². The fourth-order valence-corrected chi connectivity index (χ4v) is 3.78. The quantitative estimate of drug-likeness (QED) is 0.433. The summed E-state index contributed by atoms with van der Waals surface area (Å²) in [5, 5.41) is 1.27. The predicted molar refractivity (Wildman–Crippen MR) is 105 cm³/mol. The fraction of sp³-hybridized carbons (Fsp3) is 0.190. The van der Waals surface area contributed by atoms with Crippen LogP contribution in [-0.4, -0.2) is 18.9 Å². The molecule has 0 aliphatic heterocycles. The van der Waals surface area contributed by atoms with Gasteiger partial charge in [0, 0.05) is 18.4 Å². The summed E-state index contributed by atoms with van der Waals surface area (Å²) >= 11 is 0. The lowest BCUT2D eigenvalue weighted by molar-refractivity contribution is 0.761. The van der Waals surface area contributed by atoms with Gasteiger partial charge >= 0.3 is 0 Å². The van der Waals surface area contributed by atoms with Gasteiger partial charge in [0.15, 0.2) is 5.65 Å². The third-order valence-electron chi connectivity index (χ3n) is 5.03. The molecule has 0 amide bonds. The number of hydrogen-bond donors (Lipinski definition) is 0. The van der Waals surface area contributed by atoms with Crippen molar-refractivity contribution in [3.8, 4) is 0 Å². The largest absolute Gasteiger partial charge is 0.328 e. The minimum absolute atomic E-state index is 0.0168. The number of aryl methyl sites for hydroxylation is 1. The highest BCUT2D eigenvalue weighted by molar-refractivity contribution is 6.01. The number of aromatic nitrogens is 4. The van der Waals surface area contributed by atoms with Crippen LogP contribution in [0.3, 0.4) is 0 Å². The number of para-hydroxylation sites is 3. The summed E-state index contributed by atoms with van der Waals surface area (Å²) in [5.41, 5.74) is 4.09. The lowest BCUT2D eigenvalue weighted by atomic mass is 10.1. The Balaban J connectivity index is 2.17. The van der Waals surface area contributed by atoms with Crippen LogP contribution in [0.4, 0.5) is 0 Å². The Kier molecular flexibility index (Phi) is 2.98. The van der Waals surface area contributed by atoms with Crippen LogP contribution < -0.4 is 5.43 Å². The molecule has 128 valence electrons. The Morgan fingerprint density at radius 3 is 2.35 bits per heavy atom. The van der Waals surface area contributed by atoms with Crippen molar-refractivity contribution >= 4 is 38.6 Å². The number of hydrogen-bond acceptors (Lipinski definition) is 3. The van der Waals surface area contributed by atoms with Crippen LogP contribution in [0.5, 0.6) is 0 Å². The maximum absolute atomic E-state index is 13.3. The van der Waals surface area contributed by atoms with E-state index in [-0.39, 0.29) is 11.3 Å². The smallest absolute Gasteiger partial charge is 0.202 e. The van der Waals surface area contributed by atoms with E-state index in [2.05, 4.69) is 13.8 Å². The van der Waals surface area contributed by atoms with Crippen LogP contribution in [-0.2, 0) is 7.05 Å². The second-order valence-corrected chi connectivity index (χ2v) is 6.99. The van der Waals surface area contributed by atoms with E-state index >= 15 is 0 Å². The molecule has 0 saturated carbocycles. The van der Waals surface area contributed by atoms with Gasteiger partial charge in [0.2, 0.25) is 5.43 Å². The Morgan fingerprint density at radius 2 is 1.58 bits per heavy atom. The first-order valence-corrected chi connectivity index (χ1v) is 8.76. The summed E-state index contributed by atoms with van der Waals surface area (Å²) < 4.78 is 4.04. The van der Waals surface area contributed by atoms with E-state index in [0.29, 0.717) is 22.1 Å². The van der Waals surface area contributed by atoms with Crippen molar-refractivity contribution in [2.45, 2.75) is 19.8 Å². The van der Waals surface area contributed by atoms with Gasteiger partial charge in [0.25, 0.3) is 0 Å². The Bertz CT molecular complexity index is 1390. The molecule has 0 atom stereocenters. The van der Waals surface area contributed by atoms with Crippen molar-refractivity contribution in [1.29, 1.82) is 0 Å². The number of nitrogens with zero attached hydrogens (tertiary/aromatic N) is 4. The monoisotopic (exact) mass is 342 g/mol. The molecule has 5 aromatic rings. The Hall–Kier alpha value is -3.21. The molecule has 0 radical (unpaired) electrons. The molecule has 5 nitrogen and oxygen atoms in total. The van der Waals surface area contributed by atoms with Gasteiger partial charge in [-0.25, -0.2) is 9.97 Å². The van der Waals surface area contributed by atoms with Gasteiger partial charge in [-0.2, -0.15) is 0 Å². The molecular formula is C21H18N4O. The van der Waals surface area contributed by atoms with E-state index in [1.54, 1.807) is 0 Å². The van der Waals surface area contributed by atoms with Crippen molar-refractivity contribution in [3.63, 3.8) is 0 Å². The summed E-state index contributed by atoms with van der Waals surface area (Å²) in [6, 6.07) is 15.6. The molecule has 0 bridgehead atoms. The average molecular weight is 342 g/mol. The number of benzene rings is 2. The summed E-state index contributed by atoms with van der Waals surface area (Å²) in [6.07, 6.45) is 0. The zero-order chi connectivity index (χ0) is 18.0. The third-order valence-corrected chi connectivity index (χ3v) is 5.03. The minimum Gasteiger partial charge on any atom is -0.328 e. The van der Waals surface area contributed by atoms with Gasteiger partial charge in [0.1, 0.15) is 16.9 Å². The summed E-state index contributed by atoms with van der Waals surface area (Å²) in [6.45, 7) is 4.23. The number of imidazole rings is 1. The van der Waals surface area contributed by atoms with Crippen LogP contribution in [0.25, 0.3) is 38.6 Å². The van der Waals surface area contributed by atoms with Crippen LogP contribution in [0.2, 0.25) is 0 Å². The molecule has 3 heterocycles. The van der Waals surface area contributed by atoms with Crippen molar-refractivity contribution < 1.29 is 0 Å². The van der Waals surface area contributed by atoms with E-state index < -0.39 is 0 Å². The van der Waals surface area contributed by atoms with Crippen molar-refractivity contribution in [2.75, 3.05) is 0 Å². The molecule has 0 fully saturated rings. The zero-order valence-corrected chi connectivity index (χ0v) is 14.9. The summed E-state index contributed by atoms with van der Waals surface area (Å²) in [7, 11) is 1.96. The highest BCUT2D eigenvalue weighted by Gasteiger charge is 2.20. The second kappa shape index (κ2) is 5.14. The standard InChI is InChI=1S/C21H18N4O/c1-12(2)19-23-20-17(18(26)13-8-4-6-10-15(13)24(20)3)21-22-14-9-5-7-11-16(14)25(19)21/h4-12H,1-3H3. The van der Waals surface area contributed by atoms with Gasteiger partial charge in [-0.05, 0) is 24.3 Å². The molecule has 0 saturated heterocycles. The molecule has 5 heteroatoms. The molecule has 0 aliphatic rings. The van der Waals surface area contributed by atoms with Gasteiger partial charge in [-0.1, -0.05) is 38.1 Å². The van der Waals surface area contributed by atoms with E-state index in [1.807, 2.05) is 64.5 Å². The number of pyridine rings is 1. The molecule has 5 rings (SSSR count). The van der Waals surface area contributed by atoms with Gasteiger partial charge in [-0.15, -0.1) is 0 Å². The SMILES string of the molecule is CC(C)c1nc2c(c(=O)c3ccccc3n2C)c2nc3ccccc3n12. The van der Waals surface area contributed by atoms with Gasteiger partial charge < -0.3 is 4.57 Å². The maximum Gasteiger partial charge on any atom is 0.202 e. The maximum atomic E-state index is 13.3. The zero-order valence-electron chi connectivity index (χ0n) is 14.9. The fourth-order valence-electron chi connectivity index (χ4n) is 3.78. The third kappa shape index (κ3) is 1.83. The normalized spacial score (nSPS) is 12.2. The van der Waals surface area contributed by atoms with Crippen LogP contribution in [0, 0.1) is 0 Å². The summed E-state index contributed by atoms with van der Waals surface area (Å²) in [5.74, 6) is 1.10. The number of fused-ring (bicyclic) bond motifs is 6. The lowest BCUT2D eigenvalue weighted by Gasteiger charge is -2.15. The molecule has 2 aromatic carbocycles. The van der Waals surface area contributed by atoms with Crippen molar-refractivity contribution in [1.82, 2.24) is 18.9 Å². The van der Waals surface area contributed by atoms with Crippen LogP contribution in [0.1, 0.15) is 25.6 Å². The van der Waals surface area contributed by atoms with E-state index in [4.69, 9.17) is 9.97 Å². The van der Waals surface area contributed by atoms with Crippen LogP contribution in [0.15, 0.2) is 53.3 Å². The van der Waals surface area contributed by atoms with Gasteiger partial charge in [-0.3, -0.25) is 9.20 Å². The van der Waals surface area contributed by atoms with Crippen LogP contribution >= 0.6 is 0 Å². The Morgan fingerprint density at radius 1 is 0.885 bits per heavy atom. The van der Waals surface area contributed by atoms with E-state index in [9.17, 15) is 4.79 Å². The lowest BCUT2D eigenvalue weighted by Crippen LogP contribution is -2.15. The van der Waals surface area contributed by atoms with E-state index in [1.165, 1.54) is 0 Å². The molecule has 0 spiro atoms. The highest BCUT2D eigenvalue weighted by Crippen LogP contribution is 2.27.